The van der Waals surface area contributed by atoms with Crippen LogP contribution in [-0.2, 0) is 4.79 Å². The van der Waals surface area contributed by atoms with E-state index in [2.05, 4.69) is 0 Å². The highest BCUT2D eigenvalue weighted by Crippen LogP contribution is 2.23. The summed E-state index contributed by atoms with van der Waals surface area (Å²) < 4.78 is 10.4. The number of methoxy groups -OCH3 is 2. The largest absolute Gasteiger partial charge is 0.497 e. The van der Waals surface area contributed by atoms with Gasteiger partial charge in [0.05, 0.1) is 14.2 Å². The van der Waals surface area contributed by atoms with E-state index < -0.39 is 0 Å². The third-order valence-electron chi connectivity index (χ3n) is 2.87. The van der Waals surface area contributed by atoms with Gasteiger partial charge in [-0.1, -0.05) is 0 Å². The Morgan fingerprint density at radius 3 is 2.05 bits per heavy atom. The standard InChI is InChI=1S/C15H21NO3/c1-5-16(6-2)15(17)8-7-12-9-13(18-3)11-14(10-12)19-4/h7-11H,5-6H2,1-4H3. The van der Waals surface area contributed by atoms with Crippen LogP contribution in [0.25, 0.3) is 6.08 Å². The molecule has 1 rings (SSSR count). The Morgan fingerprint density at radius 2 is 1.63 bits per heavy atom. The molecule has 0 atom stereocenters. The Bertz CT molecular complexity index is 428. The minimum Gasteiger partial charge on any atom is -0.497 e. The van der Waals surface area contributed by atoms with E-state index in [1.165, 1.54) is 0 Å². The van der Waals surface area contributed by atoms with Gasteiger partial charge >= 0.3 is 0 Å². The highest BCUT2D eigenvalue weighted by atomic mass is 16.5. The van der Waals surface area contributed by atoms with E-state index in [4.69, 9.17) is 9.47 Å². The number of likely N-dealkylation sites (N-methyl/N-ethyl adjacent to an activating group) is 1. The van der Waals surface area contributed by atoms with Gasteiger partial charge < -0.3 is 14.4 Å². The van der Waals surface area contributed by atoms with Crippen LogP contribution in [0, 0.1) is 0 Å². The summed E-state index contributed by atoms with van der Waals surface area (Å²) in [6.45, 7) is 5.34. The first kappa shape index (κ1) is 15.1. The Balaban J connectivity index is 2.89. The second kappa shape index (κ2) is 7.46. The first-order valence-electron chi connectivity index (χ1n) is 6.34. The van der Waals surface area contributed by atoms with Crippen LogP contribution in [0.1, 0.15) is 19.4 Å². The fourth-order valence-corrected chi connectivity index (χ4v) is 1.73. The summed E-state index contributed by atoms with van der Waals surface area (Å²) in [5, 5.41) is 0. The van der Waals surface area contributed by atoms with Gasteiger partial charge in [0.15, 0.2) is 0 Å². The number of carbonyl (C=O) groups is 1. The topological polar surface area (TPSA) is 38.8 Å². The van der Waals surface area contributed by atoms with E-state index in [0.29, 0.717) is 24.6 Å². The normalized spacial score (nSPS) is 10.5. The summed E-state index contributed by atoms with van der Waals surface area (Å²) in [6, 6.07) is 5.51. The zero-order valence-corrected chi connectivity index (χ0v) is 12.0. The fraction of sp³-hybridized carbons (Fsp3) is 0.400. The van der Waals surface area contributed by atoms with Crippen LogP contribution in [0.15, 0.2) is 24.3 Å². The molecule has 0 aliphatic heterocycles. The van der Waals surface area contributed by atoms with Crippen LogP contribution in [0.5, 0.6) is 11.5 Å². The molecule has 0 bridgehead atoms. The zero-order chi connectivity index (χ0) is 14.3. The van der Waals surface area contributed by atoms with Crippen molar-refractivity contribution in [2.45, 2.75) is 13.8 Å². The molecule has 4 heteroatoms. The first-order chi connectivity index (χ1) is 9.14. The van der Waals surface area contributed by atoms with Crippen molar-refractivity contribution >= 4 is 12.0 Å². The molecule has 0 aromatic heterocycles. The van der Waals surface area contributed by atoms with Crippen molar-refractivity contribution in [1.29, 1.82) is 0 Å². The van der Waals surface area contributed by atoms with Crippen molar-refractivity contribution in [2.24, 2.45) is 0 Å². The quantitative estimate of drug-likeness (QED) is 0.740. The van der Waals surface area contributed by atoms with Gasteiger partial charge in [-0.25, -0.2) is 0 Å². The van der Waals surface area contributed by atoms with Gasteiger partial charge in [-0.15, -0.1) is 0 Å². The van der Waals surface area contributed by atoms with E-state index in [9.17, 15) is 4.79 Å². The molecule has 0 spiro atoms. The molecule has 0 radical (unpaired) electrons. The van der Waals surface area contributed by atoms with Gasteiger partial charge in [0.25, 0.3) is 0 Å². The average Bonchev–Trinajstić information content (AvgIpc) is 2.45. The van der Waals surface area contributed by atoms with Gasteiger partial charge in [-0.3, -0.25) is 4.79 Å². The summed E-state index contributed by atoms with van der Waals surface area (Å²) in [6.07, 6.45) is 3.34. The molecule has 0 aliphatic rings. The minimum atomic E-state index is 0.00628. The molecule has 0 saturated carbocycles. The molecular formula is C15H21NO3. The fourth-order valence-electron chi connectivity index (χ4n) is 1.73. The van der Waals surface area contributed by atoms with Crippen LogP contribution in [-0.4, -0.2) is 38.1 Å². The summed E-state index contributed by atoms with van der Waals surface area (Å²) in [5.41, 5.74) is 0.872. The maximum Gasteiger partial charge on any atom is 0.246 e. The molecule has 0 N–H and O–H groups in total. The Kier molecular flexibility index (Phi) is 5.93. The summed E-state index contributed by atoms with van der Waals surface area (Å²) >= 11 is 0. The van der Waals surface area contributed by atoms with Crippen molar-refractivity contribution in [1.82, 2.24) is 4.90 Å². The molecule has 1 aromatic carbocycles. The van der Waals surface area contributed by atoms with E-state index in [1.54, 1.807) is 37.3 Å². The van der Waals surface area contributed by atoms with Crippen molar-refractivity contribution in [3.05, 3.63) is 29.8 Å². The predicted molar refractivity (Wildman–Crippen MR) is 76.5 cm³/mol. The van der Waals surface area contributed by atoms with Crippen molar-refractivity contribution in [2.75, 3.05) is 27.3 Å². The summed E-state index contributed by atoms with van der Waals surface area (Å²) in [7, 11) is 3.20. The van der Waals surface area contributed by atoms with Crippen molar-refractivity contribution < 1.29 is 14.3 Å². The van der Waals surface area contributed by atoms with Gasteiger partial charge in [-0.2, -0.15) is 0 Å². The maximum absolute atomic E-state index is 11.9. The van der Waals surface area contributed by atoms with E-state index in [1.807, 2.05) is 26.0 Å². The number of hydrogen-bond donors (Lipinski definition) is 0. The lowest BCUT2D eigenvalue weighted by atomic mass is 10.2. The number of rotatable bonds is 6. The van der Waals surface area contributed by atoms with Crippen LogP contribution in [0.2, 0.25) is 0 Å². The minimum absolute atomic E-state index is 0.00628. The summed E-state index contributed by atoms with van der Waals surface area (Å²) in [5.74, 6) is 1.41. The van der Waals surface area contributed by atoms with Gasteiger partial charge in [0.1, 0.15) is 11.5 Å². The van der Waals surface area contributed by atoms with Crippen molar-refractivity contribution in [3.63, 3.8) is 0 Å². The molecular weight excluding hydrogens is 242 g/mol. The lowest BCUT2D eigenvalue weighted by Crippen LogP contribution is -2.28. The monoisotopic (exact) mass is 263 g/mol. The Labute approximate surface area is 114 Å². The zero-order valence-electron chi connectivity index (χ0n) is 12.0. The van der Waals surface area contributed by atoms with E-state index in [-0.39, 0.29) is 5.91 Å². The number of nitrogens with zero attached hydrogens (tertiary/aromatic N) is 1. The average molecular weight is 263 g/mol. The third-order valence-corrected chi connectivity index (χ3v) is 2.87. The Hall–Kier alpha value is -1.97. The number of ether oxygens (including phenoxy) is 2. The van der Waals surface area contributed by atoms with Gasteiger partial charge in [0.2, 0.25) is 5.91 Å². The first-order valence-corrected chi connectivity index (χ1v) is 6.34. The van der Waals surface area contributed by atoms with Crippen LogP contribution in [0.4, 0.5) is 0 Å². The number of benzene rings is 1. The molecule has 0 aliphatic carbocycles. The van der Waals surface area contributed by atoms with Crippen molar-refractivity contribution in [3.8, 4) is 11.5 Å². The van der Waals surface area contributed by atoms with Crippen LogP contribution < -0.4 is 9.47 Å². The molecule has 104 valence electrons. The van der Waals surface area contributed by atoms with E-state index >= 15 is 0 Å². The van der Waals surface area contributed by atoms with E-state index in [0.717, 1.165) is 5.56 Å². The smallest absolute Gasteiger partial charge is 0.246 e. The third kappa shape index (κ3) is 4.32. The van der Waals surface area contributed by atoms with Crippen LogP contribution >= 0.6 is 0 Å². The second-order valence-corrected chi connectivity index (χ2v) is 3.99. The number of carbonyl (C=O) groups excluding carboxylic acids is 1. The highest BCUT2D eigenvalue weighted by Gasteiger charge is 2.05. The second-order valence-electron chi connectivity index (χ2n) is 3.99. The molecule has 0 fully saturated rings. The van der Waals surface area contributed by atoms with Crippen LogP contribution in [0.3, 0.4) is 0 Å². The summed E-state index contributed by atoms with van der Waals surface area (Å²) in [4.78, 5) is 13.6. The molecule has 0 saturated heterocycles. The Morgan fingerprint density at radius 1 is 1.11 bits per heavy atom. The lowest BCUT2D eigenvalue weighted by Gasteiger charge is -2.15. The number of amides is 1. The molecule has 4 nitrogen and oxygen atoms in total. The molecule has 19 heavy (non-hydrogen) atoms. The molecule has 1 aromatic rings. The lowest BCUT2D eigenvalue weighted by molar-refractivity contribution is -0.125. The molecule has 0 heterocycles. The molecule has 0 unspecified atom stereocenters. The predicted octanol–water partition coefficient (Wildman–Crippen LogP) is 2.59. The number of hydrogen-bond acceptors (Lipinski definition) is 3. The SMILES string of the molecule is CCN(CC)C(=O)C=Cc1cc(OC)cc(OC)c1. The van der Waals surface area contributed by atoms with Gasteiger partial charge in [0, 0.05) is 25.2 Å². The highest BCUT2D eigenvalue weighted by molar-refractivity contribution is 5.91. The van der Waals surface area contributed by atoms with Gasteiger partial charge in [-0.05, 0) is 37.6 Å². The maximum atomic E-state index is 11.9. The molecule has 1 amide bonds.